The molecule has 67 heavy (non-hydrogen) atoms. The standard InChI is InChI=1S/C16H26O2.C15H26O2.2C15H26O/c1-14(2)7-5-8-15(3)11(14)6-9-16(4)12(15)10-13(17)18-16;1-13(2)7-5-8-14(3)11(13)6-9-15(4,17)12(14)10-16;2*1-11-6-7-13-14(2,3)8-5-9-15(13,4)12(11)10-16/h11-12H,5-10H2,1-4H3;10-12,17H,5-9H2,1-4H3;6,12-13,16H,5,7-10H2,1-4H3;12-13,16H,1,5-10H2,2-4H3/t11-,12+,15-,16+;11-,12+,14-,15+;2*12-,13-,15+/m0000/s1. The molecule has 9 rings (SSSR count). The van der Waals surface area contributed by atoms with Crippen LogP contribution in [0, 0.1) is 90.7 Å². The second-order valence-electron chi connectivity index (χ2n) is 29.0. The molecule has 3 N–H and O–H groups in total. The minimum absolute atomic E-state index is 0.00868. The molecule has 0 unspecified atom stereocenters. The molecule has 1 saturated heterocycles. The second-order valence-corrected chi connectivity index (χ2v) is 29.0. The summed E-state index contributed by atoms with van der Waals surface area (Å²) in [5.74, 6) is 3.84. The Kier molecular flexibility index (Phi) is 15.7. The van der Waals surface area contributed by atoms with Crippen LogP contribution in [0.4, 0.5) is 0 Å². The molecule has 0 aromatic heterocycles. The molecule has 0 aromatic carbocycles. The van der Waals surface area contributed by atoms with Gasteiger partial charge in [-0.2, -0.15) is 0 Å². The number of aliphatic hydroxyl groups excluding tert-OH is 2. The molecule has 384 valence electrons. The lowest BCUT2D eigenvalue weighted by atomic mass is 9.45. The first kappa shape index (κ1) is 54.8. The van der Waals surface area contributed by atoms with Crippen molar-refractivity contribution >= 4 is 12.3 Å². The van der Waals surface area contributed by atoms with Gasteiger partial charge in [0.25, 0.3) is 0 Å². The molecule has 0 spiro atoms. The number of carbonyl (C=O) groups excluding carboxylic acids is 2. The van der Waals surface area contributed by atoms with Crippen molar-refractivity contribution in [2.24, 2.45) is 90.7 Å². The summed E-state index contributed by atoms with van der Waals surface area (Å²) in [6.45, 7) is 39.7. The zero-order valence-electron chi connectivity index (χ0n) is 46.1. The molecule has 0 amide bonds. The number of esters is 1. The maximum atomic E-state index is 11.8. The summed E-state index contributed by atoms with van der Waals surface area (Å²) in [5, 5.41) is 29.8. The van der Waals surface area contributed by atoms with E-state index in [0.29, 0.717) is 81.2 Å². The summed E-state index contributed by atoms with van der Waals surface area (Å²) >= 11 is 0. The maximum Gasteiger partial charge on any atom is 0.306 e. The van der Waals surface area contributed by atoms with Gasteiger partial charge < -0.3 is 24.9 Å². The molecule has 8 fully saturated rings. The van der Waals surface area contributed by atoms with Crippen LogP contribution in [0.3, 0.4) is 0 Å². The molecule has 6 nitrogen and oxygen atoms in total. The Hall–Kier alpha value is -1.50. The molecule has 0 radical (unpaired) electrons. The summed E-state index contributed by atoms with van der Waals surface area (Å²) in [6, 6.07) is 0. The number of hydrogen-bond acceptors (Lipinski definition) is 6. The van der Waals surface area contributed by atoms with Gasteiger partial charge in [-0.1, -0.05) is 133 Å². The summed E-state index contributed by atoms with van der Waals surface area (Å²) in [7, 11) is 0. The van der Waals surface area contributed by atoms with Gasteiger partial charge in [0.2, 0.25) is 0 Å². The quantitative estimate of drug-likeness (QED) is 0.148. The second kappa shape index (κ2) is 19.2. The highest BCUT2D eigenvalue weighted by atomic mass is 16.6. The topological polar surface area (TPSA) is 104 Å². The van der Waals surface area contributed by atoms with Crippen LogP contribution in [-0.2, 0) is 14.3 Å². The van der Waals surface area contributed by atoms with Crippen LogP contribution in [0.1, 0.15) is 232 Å². The van der Waals surface area contributed by atoms with Crippen molar-refractivity contribution in [1.29, 1.82) is 0 Å². The van der Waals surface area contributed by atoms with E-state index in [1.165, 1.54) is 101 Å². The highest BCUT2D eigenvalue weighted by Gasteiger charge is 2.63. The number of hydrogen-bond donors (Lipinski definition) is 3. The average molecular weight is 933 g/mol. The average Bonchev–Trinajstić information content (AvgIpc) is 3.52. The number of aliphatic hydroxyl groups is 3. The predicted molar refractivity (Wildman–Crippen MR) is 276 cm³/mol. The fourth-order valence-electron chi connectivity index (χ4n) is 19.6. The fourth-order valence-corrected chi connectivity index (χ4v) is 19.6. The lowest BCUT2D eigenvalue weighted by molar-refractivity contribution is -0.169. The lowest BCUT2D eigenvalue weighted by Crippen LogP contribution is -2.58. The molecular formula is C61H104O6. The van der Waals surface area contributed by atoms with Crippen LogP contribution >= 0.6 is 0 Å². The first-order valence-electron chi connectivity index (χ1n) is 27.8. The van der Waals surface area contributed by atoms with E-state index < -0.39 is 5.60 Å². The van der Waals surface area contributed by atoms with Crippen LogP contribution < -0.4 is 0 Å². The Morgan fingerprint density at radius 3 is 1.52 bits per heavy atom. The highest BCUT2D eigenvalue weighted by Crippen LogP contribution is 2.66. The van der Waals surface area contributed by atoms with Crippen molar-refractivity contribution in [3.63, 3.8) is 0 Å². The normalized spacial score (nSPS) is 46.4. The van der Waals surface area contributed by atoms with Crippen molar-refractivity contribution in [1.82, 2.24) is 0 Å². The van der Waals surface area contributed by atoms with E-state index in [4.69, 9.17) is 4.74 Å². The van der Waals surface area contributed by atoms with E-state index in [1.54, 1.807) is 0 Å². The minimum Gasteiger partial charge on any atom is -0.459 e. The third-order valence-corrected chi connectivity index (χ3v) is 23.2. The van der Waals surface area contributed by atoms with Crippen LogP contribution in [0.25, 0.3) is 0 Å². The number of ether oxygens (including phenoxy) is 1. The van der Waals surface area contributed by atoms with Gasteiger partial charge in [-0.15, -0.1) is 0 Å². The number of allylic oxidation sites excluding steroid dienone is 1. The molecule has 6 heteroatoms. The molecule has 8 aliphatic carbocycles. The van der Waals surface area contributed by atoms with Crippen LogP contribution in [0.15, 0.2) is 23.8 Å². The molecule has 9 aliphatic rings. The summed E-state index contributed by atoms with van der Waals surface area (Å²) in [6.07, 6.45) is 27.1. The number of rotatable bonds is 3. The van der Waals surface area contributed by atoms with Crippen molar-refractivity contribution < 1.29 is 29.6 Å². The van der Waals surface area contributed by atoms with Crippen molar-refractivity contribution in [2.45, 2.75) is 243 Å². The smallest absolute Gasteiger partial charge is 0.306 e. The van der Waals surface area contributed by atoms with Crippen LogP contribution in [0.5, 0.6) is 0 Å². The van der Waals surface area contributed by atoms with Gasteiger partial charge in [-0.3, -0.25) is 4.79 Å². The van der Waals surface area contributed by atoms with Gasteiger partial charge >= 0.3 is 5.97 Å². The van der Waals surface area contributed by atoms with Gasteiger partial charge in [0.1, 0.15) is 11.9 Å². The molecule has 7 saturated carbocycles. The Morgan fingerprint density at radius 2 is 1.01 bits per heavy atom. The summed E-state index contributed by atoms with van der Waals surface area (Å²) in [4.78, 5) is 23.3. The Labute approximate surface area is 411 Å². The monoisotopic (exact) mass is 933 g/mol. The van der Waals surface area contributed by atoms with Crippen molar-refractivity contribution in [3.05, 3.63) is 23.8 Å². The number of aldehydes is 1. The van der Waals surface area contributed by atoms with E-state index >= 15 is 0 Å². The first-order valence-corrected chi connectivity index (χ1v) is 27.8. The zero-order valence-corrected chi connectivity index (χ0v) is 46.1. The zero-order chi connectivity index (χ0) is 50.0. The minimum atomic E-state index is -0.805. The highest BCUT2D eigenvalue weighted by molar-refractivity contribution is 5.73. The third-order valence-electron chi connectivity index (χ3n) is 23.2. The van der Waals surface area contributed by atoms with E-state index in [1.807, 2.05) is 6.92 Å². The van der Waals surface area contributed by atoms with Gasteiger partial charge in [0.15, 0.2) is 0 Å². The molecule has 14 atom stereocenters. The van der Waals surface area contributed by atoms with Crippen LogP contribution in [-0.4, -0.2) is 52.0 Å². The van der Waals surface area contributed by atoms with Crippen molar-refractivity contribution in [3.8, 4) is 0 Å². The maximum absolute atomic E-state index is 11.8. The van der Waals surface area contributed by atoms with E-state index in [9.17, 15) is 24.9 Å². The molecule has 1 aliphatic heterocycles. The predicted octanol–water partition coefficient (Wildman–Crippen LogP) is 14.7. The Morgan fingerprint density at radius 1 is 0.582 bits per heavy atom. The fraction of sp³-hybridized carbons (Fsp3) is 0.902. The number of fused-ring (bicyclic) bond motifs is 6. The van der Waals surface area contributed by atoms with Crippen molar-refractivity contribution in [2.75, 3.05) is 13.2 Å². The van der Waals surface area contributed by atoms with Gasteiger partial charge in [0.05, 0.1) is 25.2 Å². The Bertz CT molecular complexity index is 1810. The summed E-state index contributed by atoms with van der Waals surface area (Å²) in [5.41, 5.74) is 4.28. The largest absolute Gasteiger partial charge is 0.459 e. The molecule has 1 heterocycles. The van der Waals surface area contributed by atoms with E-state index in [2.05, 4.69) is 110 Å². The van der Waals surface area contributed by atoms with Gasteiger partial charge in [-0.25, -0.2) is 0 Å². The van der Waals surface area contributed by atoms with Gasteiger partial charge in [0, 0.05) is 23.7 Å². The molecule has 0 aromatic rings. The van der Waals surface area contributed by atoms with E-state index in [-0.39, 0.29) is 22.9 Å². The molecular weight excluding hydrogens is 829 g/mol. The lowest BCUT2D eigenvalue weighted by Gasteiger charge is -2.59. The SMILES string of the molecule is C=C1CC[C@H]2C(C)(C)CCC[C@]2(C)[C@H]1CO.CC1(C)CCC[C@]2(C)[C@@H](C=O)[C@](C)(O)CC[C@@H]12.CC1(C)CCC[C@]2(C)[C@H]3CC(=O)O[C@]3(C)CC[C@@H]12.CC1=CC[C@H]2C(C)(C)CCC[C@]2(C)[C@H]1CO. The van der Waals surface area contributed by atoms with E-state index in [0.717, 1.165) is 56.1 Å². The van der Waals surface area contributed by atoms with Crippen LogP contribution in [0.2, 0.25) is 0 Å². The van der Waals surface area contributed by atoms with Gasteiger partial charge in [-0.05, 0) is 184 Å². The third kappa shape index (κ3) is 9.90. The number of carbonyl (C=O) groups is 2. The first-order chi connectivity index (χ1) is 30.8. The Balaban J connectivity index is 0.000000148. The summed E-state index contributed by atoms with van der Waals surface area (Å²) < 4.78 is 5.70. The molecule has 0 bridgehead atoms.